The summed E-state index contributed by atoms with van der Waals surface area (Å²) in [5.41, 5.74) is 0.999. The van der Waals surface area contributed by atoms with E-state index in [1.807, 2.05) is 0 Å². The maximum Gasteiger partial charge on any atom is 0.338 e. The third-order valence-electron chi connectivity index (χ3n) is 2.47. The standard InChI is InChI=1S/C13H18N2O3.ClH/c1-4-18-13(17)10-6-5-7-11(8-10)15-12(16)9(2)14-3;/h5-9,14H,4H2,1-3H3,(H,15,16);1H. The molecule has 1 aromatic rings. The Balaban J connectivity index is 0.00000324. The molecule has 0 aromatic heterocycles. The van der Waals surface area contributed by atoms with Gasteiger partial charge in [0, 0.05) is 5.69 Å². The molecule has 0 spiro atoms. The van der Waals surface area contributed by atoms with Crippen LogP contribution in [0.2, 0.25) is 0 Å². The molecule has 0 saturated heterocycles. The molecule has 0 aliphatic rings. The Morgan fingerprint density at radius 3 is 2.63 bits per heavy atom. The van der Waals surface area contributed by atoms with Crippen LogP contribution in [0.5, 0.6) is 0 Å². The van der Waals surface area contributed by atoms with Gasteiger partial charge in [0.05, 0.1) is 18.2 Å². The number of hydrogen-bond acceptors (Lipinski definition) is 4. The molecule has 0 fully saturated rings. The van der Waals surface area contributed by atoms with Gasteiger partial charge in [-0.25, -0.2) is 4.79 Å². The van der Waals surface area contributed by atoms with Gasteiger partial charge in [-0.05, 0) is 39.1 Å². The molecule has 106 valence electrons. The minimum Gasteiger partial charge on any atom is -0.462 e. The Kier molecular flexibility index (Phi) is 7.79. The Bertz CT molecular complexity index is 438. The van der Waals surface area contributed by atoms with Crippen molar-refractivity contribution in [3.8, 4) is 0 Å². The molecule has 6 heteroatoms. The highest BCUT2D eigenvalue weighted by Gasteiger charge is 2.12. The molecule has 1 rings (SSSR count). The Hall–Kier alpha value is -1.59. The van der Waals surface area contributed by atoms with E-state index in [2.05, 4.69) is 10.6 Å². The number of benzene rings is 1. The SMILES string of the molecule is CCOC(=O)c1cccc(NC(=O)C(C)NC)c1.Cl. The number of amides is 1. The van der Waals surface area contributed by atoms with Crippen LogP contribution in [0, 0.1) is 0 Å². The van der Waals surface area contributed by atoms with Crippen LogP contribution in [0.1, 0.15) is 24.2 Å². The first-order valence-electron chi connectivity index (χ1n) is 5.83. The van der Waals surface area contributed by atoms with Crippen molar-refractivity contribution in [2.45, 2.75) is 19.9 Å². The van der Waals surface area contributed by atoms with Gasteiger partial charge in [-0.2, -0.15) is 0 Å². The highest BCUT2D eigenvalue weighted by molar-refractivity contribution is 5.96. The van der Waals surface area contributed by atoms with Gasteiger partial charge in [0.1, 0.15) is 0 Å². The lowest BCUT2D eigenvalue weighted by atomic mass is 10.2. The molecule has 1 atom stereocenters. The largest absolute Gasteiger partial charge is 0.462 e. The minimum atomic E-state index is -0.393. The van der Waals surface area contributed by atoms with Crippen LogP contribution < -0.4 is 10.6 Å². The molecule has 0 aliphatic carbocycles. The number of carbonyl (C=O) groups is 2. The lowest BCUT2D eigenvalue weighted by molar-refractivity contribution is -0.117. The zero-order valence-electron chi connectivity index (χ0n) is 11.2. The van der Waals surface area contributed by atoms with Crippen LogP contribution in [0.15, 0.2) is 24.3 Å². The average molecular weight is 287 g/mol. The summed E-state index contributed by atoms with van der Waals surface area (Å²) in [4.78, 5) is 23.2. The summed E-state index contributed by atoms with van der Waals surface area (Å²) in [7, 11) is 1.71. The second-order valence-corrected chi connectivity index (χ2v) is 3.80. The third kappa shape index (κ3) is 5.28. The number of nitrogens with one attached hydrogen (secondary N) is 2. The fourth-order valence-corrected chi connectivity index (χ4v) is 1.32. The fourth-order valence-electron chi connectivity index (χ4n) is 1.32. The molecule has 5 nitrogen and oxygen atoms in total. The Morgan fingerprint density at radius 2 is 2.05 bits per heavy atom. The van der Waals surface area contributed by atoms with Gasteiger partial charge < -0.3 is 15.4 Å². The summed E-state index contributed by atoms with van der Waals surface area (Å²) >= 11 is 0. The second kappa shape index (κ2) is 8.50. The van der Waals surface area contributed by atoms with E-state index in [4.69, 9.17) is 4.74 Å². The van der Waals surface area contributed by atoms with Crippen molar-refractivity contribution in [2.75, 3.05) is 19.0 Å². The average Bonchev–Trinajstić information content (AvgIpc) is 2.38. The summed E-state index contributed by atoms with van der Waals surface area (Å²) < 4.78 is 4.89. The molecule has 1 aromatic carbocycles. The zero-order valence-corrected chi connectivity index (χ0v) is 12.0. The van der Waals surface area contributed by atoms with Gasteiger partial charge in [0.15, 0.2) is 0 Å². The van der Waals surface area contributed by atoms with Gasteiger partial charge >= 0.3 is 5.97 Å². The van der Waals surface area contributed by atoms with Crippen LogP contribution in [-0.4, -0.2) is 31.6 Å². The van der Waals surface area contributed by atoms with Crippen molar-refractivity contribution < 1.29 is 14.3 Å². The monoisotopic (exact) mass is 286 g/mol. The van der Waals surface area contributed by atoms with Gasteiger partial charge in [-0.3, -0.25) is 4.79 Å². The van der Waals surface area contributed by atoms with Gasteiger partial charge in [0.25, 0.3) is 0 Å². The zero-order chi connectivity index (χ0) is 13.5. The molecule has 0 radical (unpaired) electrons. The molecule has 0 bridgehead atoms. The highest BCUT2D eigenvalue weighted by atomic mass is 35.5. The number of anilines is 1. The van der Waals surface area contributed by atoms with E-state index < -0.39 is 5.97 Å². The molecule has 1 amide bonds. The second-order valence-electron chi connectivity index (χ2n) is 3.80. The molecule has 1 unspecified atom stereocenters. The molecule has 0 aliphatic heterocycles. The lowest BCUT2D eigenvalue weighted by Crippen LogP contribution is -2.35. The number of halogens is 1. The topological polar surface area (TPSA) is 67.4 Å². The number of esters is 1. The predicted molar refractivity (Wildman–Crippen MR) is 76.8 cm³/mol. The first-order valence-corrected chi connectivity index (χ1v) is 5.83. The van der Waals surface area contributed by atoms with E-state index in [9.17, 15) is 9.59 Å². The van der Waals surface area contributed by atoms with Crippen LogP contribution in [0.3, 0.4) is 0 Å². The third-order valence-corrected chi connectivity index (χ3v) is 2.47. The Morgan fingerprint density at radius 1 is 1.37 bits per heavy atom. The van der Waals surface area contributed by atoms with Crippen LogP contribution >= 0.6 is 12.4 Å². The smallest absolute Gasteiger partial charge is 0.338 e. The quantitative estimate of drug-likeness (QED) is 0.811. The molecule has 0 saturated carbocycles. The van der Waals surface area contributed by atoms with E-state index >= 15 is 0 Å². The number of rotatable bonds is 5. The molecule has 2 N–H and O–H groups in total. The first-order chi connectivity index (χ1) is 8.58. The van der Waals surface area contributed by atoms with Crippen molar-refractivity contribution in [1.82, 2.24) is 5.32 Å². The summed E-state index contributed by atoms with van der Waals surface area (Å²) in [5.74, 6) is -0.547. The number of ether oxygens (including phenoxy) is 1. The first kappa shape index (κ1) is 17.4. The van der Waals surface area contributed by atoms with E-state index in [1.165, 1.54) is 0 Å². The van der Waals surface area contributed by atoms with Crippen molar-refractivity contribution in [2.24, 2.45) is 0 Å². The van der Waals surface area contributed by atoms with E-state index in [0.29, 0.717) is 17.9 Å². The summed E-state index contributed by atoms with van der Waals surface area (Å²) in [5, 5.41) is 5.56. The Labute approximate surface area is 119 Å². The van der Waals surface area contributed by atoms with E-state index in [-0.39, 0.29) is 24.4 Å². The van der Waals surface area contributed by atoms with Crippen LogP contribution in [-0.2, 0) is 9.53 Å². The van der Waals surface area contributed by atoms with Crippen molar-refractivity contribution >= 4 is 30.0 Å². The fraction of sp³-hybridized carbons (Fsp3) is 0.385. The summed E-state index contributed by atoms with van der Waals surface area (Å²) in [6, 6.07) is 6.37. The van der Waals surface area contributed by atoms with Gasteiger partial charge in [-0.15, -0.1) is 12.4 Å². The van der Waals surface area contributed by atoms with E-state index in [0.717, 1.165) is 0 Å². The van der Waals surface area contributed by atoms with Crippen LogP contribution in [0.4, 0.5) is 5.69 Å². The lowest BCUT2D eigenvalue weighted by Gasteiger charge is -2.11. The number of likely N-dealkylation sites (N-methyl/N-ethyl adjacent to an activating group) is 1. The maximum atomic E-state index is 11.7. The van der Waals surface area contributed by atoms with Gasteiger partial charge in [-0.1, -0.05) is 6.07 Å². The maximum absolute atomic E-state index is 11.7. The van der Waals surface area contributed by atoms with Crippen molar-refractivity contribution in [3.63, 3.8) is 0 Å². The van der Waals surface area contributed by atoms with Crippen molar-refractivity contribution in [3.05, 3.63) is 29.8 Å². The molecular formula is C13H19ClN2O3. The summed E-state index contributed by atoms with van der Waals surface area (Å²) in [6.07, 6.45) is 0. The van der Waals surface area contributed by atoms with E-state index in [1.54, 1.807) is 45.2 Å². The van der Waals surface area contributed by atoms with Crippen LogP contribution in [0.25, 0.3) is 0 Å². The molecular weight excluding hydrogens is 268 g/mol. The van der Waals surface area contributed by atoms with Gasteiger partial charge in [0.2, 0.25) is 5.91 Å². The van der Waals surface area contributed by atoms with Crippen molar-refractivity contribution in [1.29, 1.82) is 0 Å². The summed E-state index contributed by atoms with van der Waals surface area (Å²) in [6.45, 7) is 3.83. The highest BCUT2D eigenvalue weighted by Crippen LogP contribution is 2.12. The molecule has 19 heavy (non-hydrogen) atoms. The minimum absolute atomic E-state index is 0. The molecule has 0 heterocycles. The number of hydrogen-bond donors (Lipinski definition) is 2. The predicted octanol–water partition coefficient (Wildman–Crippen LogP) is 1.83. The number of carbonyl (C=O) groups excluding carboxylic acids is 2. The normalized spacial score (nSPS) is 11.1.